The van der Waals surface area contributed by atoms with Crippen molar-refractivity contribution in [1.29, 1.82) is 0 Å². The number of hydrogen-bond acceptors (Lipinski definition) is 4. The van der Waals surface area contributed by atoms with Gasteiger partial charge in [0, 0.05) is 6.07 Å². The maximum atomic E-state index is 10.5. The van der Waals surface area contributed by atoms with Crippen LogP contribution in [0.5, 0.6) is 5.75 Å². The molecule has 5 heteroatoms. The SMILES string of the molecule is CC(C)(O)c1ccc(O)c([N+](=O)[O-])c1. The smallest absolute Gasteiger partial charge is 0.311 e. The molecular weight excluding hydrogens is 186 g/mol. The lowest BCUT2D eigenvalue weighted by Crippen LogP contribution is -2.15. The lowest BCUT2D eigenvalue weighted by molar-refractivity contribution is -0.386. The summed E-state index contributed by atoms with van der Waals surface area (Å²) in [7, 11) is 0. The van der Waals surface area contributed by atoms with Gasteiger partial charge in [-0.05, 0) is 25.5 Å². The Labute approximate surface area is 80.8 Å². The van der Waals surface area contributed by atoms with Crippen LogP contribution in [0.3, 0.4) is 0 Å². The van der Waals surface area contributed by atoms with Crippen LogP contribution in [0.1, 0.15) is 19.4 Å². The van der Waals surface area contributed by atoms with E-state index in [-0.39, 0.29) is 0 Å². The van der Waals surface area contributed by atoms with Crippen molar-refractivity contribution in [3.63, 3.8) is 0 Å². The van der Waals surface area contributed by atoms with Gasteiger partial charge in [-0.2, -0.15) is 0 Å². The van der Waals surface area contributed by atoms with Crippen molar-refractivity contribution in [2.75, 3.05) is 0 Å². The first-order valence-electron chi connectivity index (χ1n) is 4.02. The fourth-order valence-electron chi connectivity index (χ4n) is 1.05. The highest BCUT2D eigenvalue weighted by Gasteiger charge is 2.21. The molecule has 0 spiro atoms. The van der Waals surface area contributed by atoms with E-state index in [0.29, 0.717) is 5.56 Å². The molecule has 1 aromatic rings. The van der Waals surface area contributed by atoms with Gasteiger partial charge in [0.1, 0.15) is 0 Å². The van der Waals surface area contributed by atoms with Gasteiger partial charge in [0.15, 0.2) is 5.75 Å². The molecule has 2 N–H and O–H groups in total. The zero-order valence-electron chi connectivity index (χ0n) is 7.89. The summed E-state index contributed by atoms with van der Waals surface area (Å²) in [6.45, 7) is 3.03. The van der Waals surface area contributed by atoms with E-state index in [4.69, 9.17) is 5.11 Å². The molecule has 76 valence electrons. The van der Waals surface area contributed by atoms with Crippen molar-refractivity contribution in [2.24, 2.45) is 0 Å². The molecule has 14 heavy (non-hydrogen) atoms. The first-order valence-corrected chi connectivity index (χ1v) is 4.02. The molecule has 0 fully saturated rings. The second kappa shape index (κ2) is 3.26. The summed E-state index contributed by atoms with van der Waals surface area (Å²) in [5, 5.41) is 29.2. The average molecular weight is 197 g/mol. The van der Waals surface area contributed by atoms with E-state index < -0.39 is 22.0 Å². The van der Waals surface area contributed by atoms with Crippen molar-refractivity contribution in [3.05, 3.63) is 33.9 Å². The molecule has 0 saturated carbocycles. The van der Waals surface area contributed by atoms with Gasteiger partial charge < -0.3 is 10.2 Å². The Balaban J connectivity index is 3.27. The summed E-state index contributed by atoms with van der Waals surface area (Å²) in [4.78, 5) is 9.77. The highest BCUT2D eigenvalue weighted by molar-refractivity contribution is 5.48. The minimum atomic E-state index is -1.15. The van der Waals surface area contributed by atoms with Crippen molar-refractivity contribution < 1.29 is 15.1 Å². The summed E-state index contributed by atoms with van der Waals surface area (Å²) in [6.07, 6.45) is 0. The zero-order valence-corrected chi connectivity index (χ0v) is 7.89. The Morgan fingerprint density at radius 1 is 1.43 bits per heavy atom. The fraction of sp³-hybridized carbons (Fsp3) is 0.333. The summed E-state index contributed by atoms with van der Waals surface area (Å²) < 4.78 is 0. The van der Waals surface area contributed by atoms with E-state index in [9.17, 15) is 15.2 Å². The number of nitro benzene ring substituents is 1. The first kappa shape index (κ1) is 10.5. The molecular formula is C9H11NO4. The van der Waals surface area contributed by atoms with Crippen LogP contribution in [-0.2, 0) is 5.60 Å². The van der Waals surface area contributed by atoms with E-state index in [1.165, 1.54) is 26.0 Å². The van der Waals surface area contributed by atoms with Gasteiger partial charge in [-0.25, -0.2) is 0 Å². The van der Waals surface area contributed by atoms with Crippen LogP contribution < -0.4 is 0 Å². The third kappa shape index (κ3) is 2.00. The summed E-state index contributed by atoms with van der Waals surface area (Å²) in [5.74, 6) is -0.400. The summed E-state index contributed by atoms with van der Waals surface area (Å²) in [5.41, 5.74) is -1.16. The van der Waals surface area contributed by atoms with Crippen molar-refractivity contribution >= 4 is 5.69 Å². The van der Waals surface area contributed by atoms with Crippen LogP contribution in [0.4, 0.5) is 5.69 Å². The fourth-order valence-corrected chi connectivity index (χ4v) is 1.05. The zero-order chi connectivity index (χ0) is 10.9. The monoisotopic (exact) mass is 197 g/mol. The minimum absolute atomic E-state index is 0.391. The van der Waals surface area contributed by atoms with Gasteiger partial charge in [0.2, 0.25) is 0 Å². The van der Waals surface area contributed by atoms with Crippen LogP contribution in [0, 0.1) is 10.1 Å². The van der Waals surface area contributed by atoms with Gasteiger partial charge >= 0.3 is 5.69 Å². The number of aromatic hydroxyl groups is 1. The van der Waals surface area contributed by atoms with Crippen LogP contribution in [0.2, 0.25) is 0 Å². The van der Waals surface area contributed by atoms with E-state index in [1.54, 1.807) is 0 Å². The highest BCUT2D eigenvalue weighted by Crippen LogP contribution is 2.30. The van der Waals surface area contributed by atoms with Crippen LogP contribution >= 0.6 is 0 Å². The number of phenolic OH excluding ortho intramolecular Hbond substituents is 1. The number of phenols is 1. The normalized spacial score (nSPS) is 11.4. The Kier molecular flexibility index (Phi) is 2.44. The average Bonchev–Trinajstić information content (AvgIpc) is 2.02. The molecule has 0 aliphatic rings. The number of benzene rings is 1. The Morgan fingerprint density at radius 2 is 2.00 bits per heavy atom. The molecule has 0 radical (unpaired) electrons. The predicted molar refractivity (Wildman–Crippen MR) is 50.0 cm³/mol. The quantitative estimate of drug-likeness (QED) is 0.556. The van der Waals surface area contributed by atoms with E-state index >= 15 is 0 Å². The van der Waals surface area contributed by atoms with Gasteiger partial charge in [-0.1, -0.05) is 6.07 Å². The van der Waals surface area contributed by atoms with E-state index in [1.807, 2.05) is 0 Å². The summed E-state index contributed by atoms with van der Waals surface area (Å²) >= 11 is 0. The van der Waals surface area contributed by atoms with Crippen LogP contribution in [0.25, 0.3) is 0 Å². The Bertz CT molecular complexity index is 368. The molecule has 0 amide bonds. The lowest BCUT2D eigenvalue weighted by Gasteiger charge is -2.17. The third-order valence-corrected chi connectivity index (χ3v) is 1.88. The topological polar surface area (TPSA) is 83.6 Å². The number of hydrogen-bond donors (Lipinski definition) is 2. The highest BCUT2D eigenvalue weighted by atomic mass is 16.6. The number of nitrogens with zero attached hydrogens (tertiary/aromatic N) is 1. The Hall–Kier alpha value is -1.62. The van der Waals surface area contributed by atoms with Crippen molar-refractivity contribution in [2.45, 2.75) is 19.4 Å². The van der Waals surface area contributed by atoms with E-state index in [0.717, 1.165) is 6.07 Å². The van der Waals surface area contributed by atoms with Crippen molar-refractivity contribution in [1.82, 2.24) is 0 Å². The molecule has 0 aliphatic heterocycles. The maximum Gasteiger partial charge on any atom is 0.311 e. The third-order valence-electron chi connectivity index (χ3n) is 1.88. The molecule has 1 aromatic carbocycles. The molecule has 0 bridgehead atoms. The molecule has 0 unspecified atom stereocenters. The molecule has 0 atom stereocenters. The predicted octanol–water partition coefficient (Wildman–Crippen LogP) is 1.53. The largest absolute Gasteiger partial charge is 0.502 e. The van der Waals surface area contributed by atoms with Gasteiger partial charge in [-0.15, -0.1) is 0 Å². The number of aliphatic hydroxyl groups is 1. The standard InChI is InChI=1S/C9H11NO4/c1-9(2,12)6-3-4-8(11)7(5-6)10(13)14/h3-5,11-12H,1-2H3. The van der Waals surface area contributed by atoms with Crippen LogP contribution in [0.15, 0.2) is 18.2 Å². The molecule has 0 saturated heterocycles. The molecule has 1 rings (SSSR count). The molecule has 0 heterocycles. The second-order valence-corrected chi connectivity index (χ2v) is 3.52. The lowest BCUT2D eigenvalue weighted by atomic mass is 9.98. The second-order valence-electron chi connectivity index (χ2n) is 3.52. The van der Waals surface area contributed by atoms with Gasteiger partial charge in [0.25, 0.3) is 0 Å². The van der Waals surface area contributed by atoms with E-state index in [2.05, 4.69) is 0 Å². The first-order chi connectivity index (χ1) is 6.32. The molecule has 5 nitrogen and oxygen atoms in total. The molecule has 0 aliphatic carbocycles. The molecule has 0 aromatic heterocycles. The van der Waals surface area contributed by atoms with Gasteiger partial charge in [-0.3, -0.25) is 10.1 Å². The number of nitro groups is 1. The van der Waals surface area contributed by atoms with Crippen LogP contribution in [-0.4, -0.2) is 15.1 Å². The summed E-state index contributed by atoms with van der Waals surface area (Å²) in [6, 6.07) is 3.81. The Morgan fingerprint density at radius 3 is 2.43 bits per heavy atom. The minimum Gasteiger partial charge on any atom is -0.502 e. The van der Waals surface area contributed by atoms with Crippen molar-refractivity contribution in [3.8, 4) is 5.75 Å². The van der Waals surface area contributed by atoms with Gasteiger partial charge in [0.05, 0.1) is 10.5 Å². The number of rotatable bonds is 2. The maximum absolute atomic E-state index is 10.5.